The van der Waals surface area contributed by atoms with E-state index in [9.17, 15) is 14.7 Å². The zero-order chi connectivity index (χ0) is 22.3. The van der Waals surface area contributed by atoms with Crippen LogP contribution in [0.25, 0.3) is 0 Å². The van der Waals surface area contributed by atoms with Crippen LogP contribution in [-0.2, 0) is 19.1 Å². The molecule has 2 unspecified atom stereocenters. The van der Waals surface area contributed by atoms with E-state index < -0.39 is 0 Å². The molecule has 0 heterocycles. The van der Waals surface area contributed by atoms with Crippen molar-refractivity contribution < 1.29 is 24.2 Å². The lowest BCUT2D eigenvalue weighted by Gasteiger charge is -2.46. The number of aliphatic hydroxyl groups excluding tert-OH is 1. The van der Waals surface area contributed by atoms with Gasteiger partial charge in [-0.15, -0.1) is 0 Å². The molecule has 0 saturated heterocycles. The largest absolute Gasteiger partial charge is 0.469 e. The fourth-order valence-corrected chi connectivity index (χ4v) is 5.39. The van der Waals surface area contributed by atoms with Crippen LogP contribution in [0, 0.1) is 23.2 Å². The summed E-state index contributed by atoms with van der Waals surface area (Å²) in [5.41, 5.74) is 0.143. The molecule has 0 aliphatic heterocycles. The molecule has 174 valence electrons. The Morgan fingerprint density at radius 1 is 1.23 bits per heavy atom. The van der Waals surface area contributed by atoms with Gasteiger partial charge in [-0.1, -0.05) is 43.6 Å². The maximum absolute atomic E-state index is 12.6. The summed E-state index contributed by atoms with van der Waals surface area (Å²) in [5, 5.41) is 10.9. The Bertz CT molecular complexity index is 659. The van der Waals surface area contributed by atoms with Gasteiger partial charge in [0, 0.05) is 31.8 Å². The van der Waals surface area contributed by atoms with Crippen molar-refractivity contribution in [1.82, 2.24) is 0 Å². The van der Waals surface area contributed by atoms with E-state index in [1.54, 1.807) is 7.11 Å². The number of methoxy groups -OCH3 is 2. The molecule has 0 aromatic heterocycles. The molecule has 3 aliphatic rings. The van der Waals surface area contributed by atoms with Gasteiger partial charge in [0.2, 0.25) is 0 Å². The number of allylic oxidation sites excluding steroid dienone is 2. The van der Waals surface area contributed by atoms with Crippen LogP contribution in [0.5, 0.6) is 0 Å². The molecular weight excluding hydrogens is 392 g/mol. The van der Waals surface area contributed by atoms with Crippen molar-refractivity contribution in [3.8, 4) is 0 Å². The van der Waals surface area contributed by atoms with Crippen molar-refractivity contribution in [2.75, 3.05) is 14.2 Å². The zero-order valence-electron chi connectivity index (χ0n) is 19.3. The highest BCUT2D eigenvalue weighted by Crippen LogP contribution is 2.53. The minimum Gasteiger partial charge on any atom is -0.469 e. The van der Waals surface area contributed by atoms with Crippen LogP contribution < -0.4 is 0 Å². The summed E-state index contributed by atoms with van der Waals surface area (Å²) in [6, 6.07) is 0. The standard InChI is InChI=1S/C26H40O5/c1-30-23-17-22(27)20(9-5-3-4-6-12-25(29)31-2)21(23)10-7-11-24(28)26(15-8-16-26)18-19-13-14-19/h3,5,7,10,19-21,23-24,28H,4,6,8-9,11-18H2,1-2H3/t20-,21-,23?,24?/m1/s1. The number of ketones is 1. The van der Waals surface area contributed by atoms with Gasteiger partial charge in [0.25, 0.3) is 0 Å². The highest BCUT2D eigenvalue weighted by Gasteiger charge is 2.46. The van der Waals surface area contributed by atoms with E-state index >= 15 is 0 Å². The molecule has 31 heavy (non-hydrogen) atoms. The number of Topliss-reactive ketones (excluding diaryl/α,β-unsaturated/α-hetero) is 1. The van der Waals surface area contributed by atoms with Crippen molar-refractivity contribution in [2.45, 2.75) is 89.3 Å². The molecule has 0 bridgehead atoms. The number of aliphatic hydroxyl groups is 1. The Hall–Kier alpha value is -1.46. The topological polar surface area (TPSA) is 72.8 Å². The number of esters is 1. The molecule has 3 rings (SSSR count). The van der Waals surface area contributed by atoms with E-state index in [-0.39, 0.29) is 41.2 Å². The second-order valence-corrected chi connectivity index (χ2v) is 9.85. The van der Waals surface area contributed by atoms with Gasteiger partial charge in [0.05, 0.1) is 19.3 Å². The van der Waals surface area contributed by atoms with Gasteiger partial charge in [0.1, 0.15) is 5.78 Å². The molecule has 1 N–H and O–H groups in total. The van der Waals surface area contributed by atoms with Gasteiger partial charge >= 0.3 is 5.97 Å². The summed E-state index contributed by atoms with van der Waals surface area (Å²) in [6.45, 7) is 0. The van der Waals surface area contributed by atoms with Crippen LogP contribution in [0.2, 0.25) is 0 Å². The van der Waals surface area contributed by atoms with Crippen molar-refractivity contribution in [3.05, 3.63) is 24.3 Å². The number of rotatable bonds is 13. The lowest BCUT2D eigenvalue weighted by Crippen LogP contribution is -2.41. The Kier molecular flexibility index (Phi) is 8.91. The fraction of sp³-hybridized carbons (Fsp3) is 0.769. The van der Waals surface area contributed by atoms with Crippen molar-refractivity contribution in [3.63, 3.8) is 0 Å². The first kappa shape index (κ1) is 24.2. The van der Waals surface area contributed by atoms with E-state index in [1.165, 1.54) is 32.8 Å². The predicted molar refractivity (Wildman–Crippen MR) is 120 cm³/mol. The normalized spacial score (nSPS) is 28.9. The summed E-state index contributed by atoms with van der Waals surface area (Å²) < 4.78 is 10.3. The van der Waals surface area contributed by atoms with Gasteiger partial charge < -0.3 is 14.6 Å². The Morgan fingerprint density at radius 3 is 2.61 bits per heavy atom. The third-order valence-corrected chi connectivity index (χ3v) is 7.71. The highest BCUT2D eigenvalue weighted by atomic mass is 16.5. The summed E-state index contributed by atoms with van der Waals surface area (Å²) in [5.74, 6) is 0.901. The molecule has 0 amide bonds. The van der Waals surface area contributed by atoms with Crippen molar-refractivity contribution in [1.29, 1.82) is 0 Å². The van der Waals surface area contributed by atoms with E-state index in [1.807, 2.05) is 0 Å². The molecule has 5 heteroatoms. The average molecular weight is 433 g/mol. The van der Waals surface area contributed by atoms with Crippen LogP contribution in [-0.4, -0.2) is 43.3 Å². The van der Waals surface area contributed by atoms with Gasteiger partial charge in [-0.2, -0.15) is 0 Å². The molecule has 0 aromatic carbocycles. The molecule has 3 fully saturated rings. The molecule has 3 saturated carbocycles. The maximum atomic E-state index is 12.6. The van der Waals surface area contributed by atoms with Gasteiger partial charge in [0.15, 0.2) is 0 Å². The predicted octanol–water partition coefficient (Wildman–Crippen LogP) is 4.77. The quantitative estimate of drug-likeness (QED) is 0.258. The van der Waals surface area contributed by atoms with E-state index in [0.29, 0.717) is 25.7 Å². The summed E-state index contributed by atoms with van der Waals surface area (Å²) in [4.78, 5) is 23.8. The number of carbonyl (C=O) groups is 2. The fourth-order valence-electron chi connectivity index (χ4n) is 5.39. The number of hydrogen-bond acceptors (Lipinski definition) is 5. The third kappa shape index (κ3) is 6.52. The number of carbonyl (C=O) groups excluding carboxylic acids is 2. The first-order chi connectivity index (χ1) is 15.0. The molecule has 4 atom stereocenters. The molecule has 3 aliphatic carbocycles. The van der Waals surface area contributed by atoms with Crippen LogP contribution >= 0.6 is 0 Å². The van der Waals surface area contributed by atoms with E-state index in [0.717, 1.165) is 31.6 Å². The molecular formula is C26H40O5. The first-order valence-electron chi connectivity index (χ1n) is 12.1. The zero-order valence-corrected chi connectivity index (χ0v) is 19.3. The van der Waals surface area contributed by atoms with Crippen LogP contribution in [0.3, 0.4) is 0 Å². The lowest BCUT2D eigenvalue weighted by molar-refractivity contribution is -0.140. The average Bonchev–Trinajstić information content (AvgIpc) is 3.50. The Morgan fingerprint density at radius 2 is 2.00 bits per heavy atom. The number of hydrogen-bond donors (Lipinski definition) is 1. The highest BCUT2D eigenvalue weighted by molar-refractivity contribution is 5.84. The van der Waals surface area contributed by atoms with Crippen LogP contribution in [0.15, 0.2) is 24.3 Å². The molecule has 5 nitrogen and oxygen atoms in total. The van der Waals surface area contributed by atoms with Crippen molar-refractivity contribution >= 4 is 11.8 Å². The van der Waals surface area contributed by atoms with E-state index in [4.69, 9.17) is 4.74 Å². The molecule has 0 aromatic rings. The summed E-state index contributed by atoms with van der Waals surface area (Å²) >= 11 is 0. The van der Waals surface area contributed by atoms with Crippen LogP contribution in [0.1, 0.15) is 77.0 Å². The Labute approximate surface area is 187 Å². The third-order valence-electron chi connectivity index (χ3n) is 7.71. The smallest absolute Gasteiger partial charge is 0.305 e. The minimum atomic E-state index is -0.274. The van der Waals surface area contributed by atoms with Crippen LogP contribution in [0.4, 0.5) is 0 Å². The monoisotopic (exact) mass is 432 g/mol. The first-order valence-corrected chi connectivity index (χ1v) is 12.1. The van der Waals surface area contributed by atoms with Gasteiger partial charge in [-0.25, -0.2) is 0 Å². The lowest BCUT2D eigenvalue weighted by atomic mass is 9.61. The summed E-state index contributed by atoms with van der Waals surface area (Å²) in [7, 11) is 3.08. The second-order valence-electron chi connectivity index (χ2n) is 9.85. The second kappa shape index (κ2) is 11.4. The minimum absolute atomic E-state index is 0.0604. The van der Waals surface area contributed by atoms with Gasteiger partial charge in [-0.3, -0.25) is 9.59 Å². The maximum Gasteiger partial charge on any atom is 0.305 e. The molecule has 0 spiro atoms. The van der Waals surface area contributed by atoms with Crippen molar-refractivity contribution in [2.24, 2.45) is 23.2 Å². The number of unbranched alkanes of at least 4 members (excludes halogenated alkanes) is 1. The SMILES string of the molecule is COC(=O)CCCC=CC[C@H]1C(=O)CC(OC)[C@@H]1C=CCC(O)C1(CC2CC2)CCC1. The van der Waals surface area contributed by atoms with E-state index in [2.05, 4.69) is 29.0 Å². The number of ether oxygens (including phenoxy) is 2. The summed E-state index contributed by atoms with van der Waals surface area (Å²) in [6.07, 6.45) is 19.2. The Balaban J connectivity index is 1.50. The molecule has 0 radical (unpaired) electrons. The van der Waals surface area contributed by atoms with Gasteiger partial charge in [-0.05, 0) is 56.3 Å².